The SMILES string of the molecule is O=C1CCC(NC(=O)c2cc3c(ccc4ccccc43)oc2=O)C(=O)N1. The summed E-state index contributed by atoms with van der Waals surface area (Å²) in [5.41, 5.74) is -0.581. The molecule has 7 heteroatoms. The molecule has 1 atom stereocenters. The lowest BCUT2D eigenvalue weighted by molar-refractivity contribution is -0.134. The van der Waals surface area contributed by atoms with Crippen LogP contribution in [0.1, 0.15) is 23.2 Å². The maximum absolute atomic E-state index is 12.5. The Morgan fingerprint density at radius 3 is 2.69 bits per heavy atom. The van der Waals surface area contributed by atoms with Gasteiger partial charge in [-0.1, -0.05) is 30.3 Å². The van der Waals surface area contributed by atoms with Gasteiger partial charge in [-0.15, -0.1) is 0 Å². The van der Waals surface area contributed by atoms with E-state index in [1.165, 1.54) is 6.07 Å². The second-order valence-electron chi connectivity index (χ2n) is 6.12. The first-order valence-corrected chi connectivity index (χ1v) is 8.13. The van der Waals surface area contributed by atoms with E-state index < -0.39 is 23.5 Å². The summed E-state index contributed by atoms with van der Waals surface area (Å²) in [5.74, 6) is -1.66. The van der Waals surface area contributed by atoms with Crippen molar-refractivity contribution < 1.29 is 18.8 Å². The number of hydrogen-bond acceptors (Lipinski definition) is 5. The van der Waals surface area contributed by atoms with Crippen LogP contribution in [-0.4, -0.2) is 23.8 Å². The van der Waals surface area contributed by atoms with Gasteiger partial charge in [0.25, 0.3) is 5.91 Å². The monoisotopic (exact) mass is 350 g/mol. The minimum Gasteiger partial charge on any atom is -0.422 e. The molecule has 0 radical (unpaired) electrons. The zero-order valence-corrected chi connectivity index (χ0v) is 13.6. The highest BCUT2D eigenvalue weighted by Gasteiger charge is 2.29. The molecule has 2 N–H and O–H groups in total. The molecule has 2 heterocycles. The number of piperidine rings is 1. The lowest BCUT2D eigenvalue weighted by Crippen LogP contribution is -2.52. The highest BCUT2D eigenvalue weighted by molar-refractivity contribution is 6.09. The Morgan fingerprint density at radius 2 is 1.88 bits per heavy atom. The van der Waals surface area contributed by atoms with Crippen molar-refractivity contribution in [2.45, 2.75) is 18.9 Å². The van der Waals surface area contributed by atoms with Gasteiger partial charge in [0, 0.05) is 11.8 Å². The summed E-state index contributed by atoms with van der Waals surface area (Å²) in [6, 6.07) is 11.7. The third-order valence-corrected chi connectivity index (χ3v) is 4.43. The highest BCUT2D eigenvalue weighted by atomic mass is 16.4. The summed E-state index contributed by atoms with van der Waals surface area (Å²) < 4.78 is 5.28. The van der Waals surface area contributed by atoms with Gasteiger partial charge >= 0.3 is 5.63 Å². The summed E-state index contributed by atoms with van der Waals surface area (Å²) in [6.07, 6.45) is 0.325. The lowest BCUT2D eigenvalue weighted by Gasteiger charge is -2.21. The molecule has 3 amide bonds. The molecule has 26 heavy (non-hydrogen) atoms. The van der Waals surface area contributed by atoms with Crippen LogP contribution in [0.25, 0.3) is 21.7 Å². The van der Waals surface area contributed by atoms with Crippen LogP contribution in [-0.2, 0) is 9.59 Å². The van der Waals surface area contributed by atoms with Crippen LogP contribution >= 0.6 is 0 Å². The van der Waals surface area contributed by atoms with Crippen LogP contribution in [0.2, 0.25) is 0 Å². The second kappa shape index (κ2) is 6.11. The molecule has 3 aromatic rings. The van der Waals surface area contributed by atoms with Crippen molar-refractivity contribution in [3.63, 3.8) is 0 Å². The molecular weight excluding hydrogens is 336 g/mol. The van der Waals surface area contributed by atoms with E-state index in [-0.39, 0.29) is 24.3 Å². The van der Waals surface area contributed by atoms with Gasteiger partial charge in [0.2, 0.25) is 11.8 Å². The molecule has 1 aliphatic heterocycles. The van der Waals surface area contributed by atoms with E-state index in [0.717, 1.165) is 10.8 Å². The summed E-state index contributed by atoms with van der Waals surface area (Å²) in [7, 11) is 0. The largest absolute Gasteiger partial charge is 0.422 e. The van der Waals surface area contributed by atoms with Gasteiger partial charge in [-0.2, -0.15) is 0 Å². The van der Waals surface area contributed by atoms with Crippen LogP contribution in [0.5, 0.6) is 0 Å². The van der Waals surface area contributed by atoms with Crippen LogP contribution in [0, 0.1) is 0 Å². The molecular formula is C19H14N2O5. The van der Waals surface area contributed by atoms with Crippen molar-refractivity contribution in [3.8, 4) is 0 Å². The molecule has 1 unspecified atom stereocenters. The topological polar surface area (TPSA) is 105 Å². The van der Waals surface area contributed by atoms with Gasteiger partial charge in [-0.3, -0.25) is 19.7 Å². The number of imide groups is 1. The van der Waals surface area contributed by atoms with Crippen LogP contribution in [0.3, 0.4) is 0 Å². The Hall–Kier alpha value is -3.48. The lowest BCUT2D eigenvalue weighted by atomic mass is 10.0. The van der Waals surface area contributed by atoms with Crippen molar-refractivity contribution in [1.29, 1.82) is 0 Å². The molecule has 130 valence electrons. The summed E-state index contributed by atoms with van der Waals surface area (Å²) in [6.45, 7) is 0. The van der Waals surface area contributed by atoms with Crippen molar-refractivity contribution in [2.24, 2.45) is 0 Å². The molecule has 0 spiro atoms. The smallest absolute Gasteiger partial charge is 0.349 e. The van der Waals surface area contributed by atoms with E-state index in [9.17, 15) is 19.2 Å². The molecule has 4 rings (SSSR count). The molecule has 0 saturated carbocycles. The van der Waals surface area contributed by atoms with E-state index in [0.29, 0.717) is 11.0 Å². The molecule has 0 aliphatic carbocycles. The Balaban J connectivity index is 1.73. The van der Waals surface area contributed by atoms with Crippen molar-refractivity contribution in [1.82, 2.24) is 10.6 Å². The van der Waals surface area contributed by atoms with Gasteiger partial charge in [-0.25, -0.2) is 4.79 Å². The van der Waals surface area contributed by atoms with Gasteiger partial charge in [0.1, 0.15) is 17.2 Å². The normalized spacial score (nSPS) is 17.3. The van der Waals surface area contributed by atoms with Gasteiger partial charge < -0.3 is 9.73 Å². The van der Waals surface area contributed by atoms with Crippen molar-refractivity contribution >= 4 is 39.5 Å². The number of fused-ring (bicyclic) bond motifs is 3. The van der Waals surface area contributed by atoms with E-state index in [4.69, 9.17) is 4.42 Å². The van der Waals surface area contributed by atoms with Crippen molar-refractivity contribution in [2.75, 3.05) is 0 Å². The Morgan fingerprint density at radius 1 is 1.08 bits per heavy atom. The maximum atomic E-state index is 12.5. The third-order valence-electron chi connectivity index (χ3n) is 4.43. The number of nitrogens with one attached hydrogen (secondary N) is 2. The Kier molecular flexibility index (Phi) is 3.76. The van der Waals surface area contributed by atoms with E-state index in [2.05, 4.69) is 10.6 Å². The molecule has 2 aromatic carbocycles. The predicted octanol–water partition coefficient (Wildman–Crippen LogP) is 1.48. The fraction of sp³-hybridized carbons (Fsp3) is 0.158. The van der Waals surface area contributed by atoms with Crippen LogP contribution in [0.4, 0.5) is 0 Å². The maximum Gasteiger partial charge on any atom is 0.349 e. The number of hydrogen-bond donors (Lipinski definition) is 2. The highest BCUT2D eigenvalue weighted by Crippen LogP contribution is 2.25. The minimum atomic E-state index is -0.859. The quantitative estimate of drug-likeness (QED) is 0.414. The van der Waals surface area contributed by atoms with E-state index in [1.54, 1.807) is 6.07 Å². The second-order valence-corrected chi connectivity index (χ2v) is 6.12. The first-order valence-electron chi connectivity index (χ1n) is 8.13. The molecule has 1 saturated heterocycles. The molecule has 0 bridgehead atoms. The van der Waals surface area contributed by atoms with Crippen molar-refractivity contribution in [3.05, 3.63) is 58.4 Å². The average Bonchev–Trinajstić information content (AvgIpc) is 2.63. The molecule has 1 fully saturated rings. The van der Waals surface area contributed by atoms with Gasteiger partial charge in [0.15, 0.2) is 0 Å². The first kappa shape index (κ1) is 16.0. The fourth-order valence-corrected chi connectivity index (χ4v) is 3.10. The number of benzene rings is 2. The molecule has 1 aromatic heterocycles. The van der Waals surface area contributed by atoms with Crippen LogP contribution in [0.15, 0.2) is 51.7 Å². The first-order chi connectivity index (χ1) is 12.5. The number of rotatable bonds is 2. The minimum absolute atomic E-state index is 0.133. The zero-order valence-electron chi connectivity index (χ0n) is 13.6. The number of amides is 3. The number of carbonyl (C=O) groups excluding carboxylic acids is 3. The number of carbonyl (C=O) groups is 3. The van der Waals surface area contributed by atoms with E-state index in [1.807, 2.05) is 30.3 Å². The Labute approximate surface area is 147 Å². The summed E-state index contributed by atoms with van der Waals surface area (Å²) in [5, 5.41) is 7.09. The molecule has 7 nitrogen and oxygen atoms in total. The summed E-state index contributed by atoms with van der Waals surface area (Å²) in [4.78, 5) is 47.7. The van der Waals surface area contributed by atoms with E-state index >= 15 is 0 Å². The predicted molar refractivity (Wildman–Crippen MR) is 93.6 cm³/mol. The summed E-state index contributed by atoms with van der Waals surface area (Å²) >= 11 is 0. The fourth-order valence-electron chi connectivity index (χ4n) is 3.10. The molecule has 1 aliphatic rings. The zero-order chi connectivity index (χ0) is 18.3. The average molecular weight is 350 g/mol. The van der Waals surface area contributed by atoms with Gasteiger partial charge in [0.05, 0.1) is 0 Å². The Bertz CT molecular complexity index is 1130. The third kappa shape index (κ3) is 2.73. The van der Waals surface area contributed by atoms with Crippen LogP contribution < -0.4 is 16.3 Å². The standard InChI is InChI=1S/C19H14N2O5/c22-16-8-6-14(18(24)21-16)20-17(23)13-9-12-11-4-2-1-3-10(11)5-7-15(12)26-19(13)25/h1-5,7,9,14H,6,8H2,(H,20,23)(H,21,22,24). The van der Waals surface area contributed by atoms with Gasteiger partial charge in [-0.05, 0) is 29.3 Å².